The molecule has 5 heteroatoms. The topological polar surface area (TPSA) is 54.3 Å². The van der Waals surface area contributed by atoms with Gasteiger partial charge >= 0.3 is 0 Å². The van der Waals surface area contributed by atoms with Crippen molar-refractivity contribution >= 4 is 22.7 Å². The summed E-state index contributed by atoms with van der Waals surface area (Å²) in [6.45, 7) is 5.26. The summed E-state index contributed by atoms with van der Waals surface area (Å²) in [5.41, 5.74) is 3.99. The number of hydrogen-bond acceptors (Lipinski definition) is 2. The van der Waals surface area contributed by atoms with Gasteiger partial charge in [0.1, 0.15) is 11.2 Å². The summed E-state index contributed by atoms with van der Waals surface area (Å²) in [6.07, 6.45) is 0.688. The number of nitrogens with one attached hydrogen (secondary N) is 1. The molecule has 5 nitrogen and oxygen atoms in total. The van der Waals surface area contributed by atoms with Gasteiger partial charge in [0.25, 0.3) is 5.91 Å². The minimum Gasteiger partial charge on any atom is -0.350 e. The van der Waals surface area contributed by atoms with Gasteiger partial charge in [-0.15, -0.1) is 0 Å². The van der Waals surface area contributed by atoms with Crippen LogP contribution in [0.1, 0.15) is 34.1 Å². The van der Waals surface area contributed by atoms with E-state index in [9.17, 15) is 9.59 Å². The number of aromatic nitrogens is 1. The molecule has 3 aromatic carbocycles. The number of carbonyl (C=O) groups excluding carboxylic acids is 2. The highest BCUT2D eigenvalue weighted by Gasteiger charge is 2.47. The Bertz CT molecular complexity index is 1340. The molecule has 0 saturated carbocycles. The maximum atomic E-state index is 13.8. The molecular weight excluding hydrogens is 422 g/mol. The number of fused-ring (bicyclic) bond motifs is 3. The first-order chi connectivity index (χ1) is 16.5. The van der Waals surface area contributed by atoms with Crippen LogP contribution >= 0.6 is 0 Å². The van der Waals surface area contributed by atoms with Crippen LogP contribution in [0.2, 0.25) is 0 Å². The lowest BCUT2D eigenvalue weighted by atomic mass is 9.93. The maximum absolute atomic E-state index is 13.8. The molecule has 0 radical (unpaired) electrons. The van der Waals surface area contributed by atoms with Gasteiger partial charge in [0.05, 0.1) is 6.54 Å². The second-order valence-electron chi connectivity index (χ2n) is 9.31. The van der Waals surface area contributed by atoms with E-state index < -0.39 is 5.54 Å². The zero-order valence-electron chi connectivity index (χ0n) is 19.6. The van der Waals surface area contributed by atoms with E-state index in [0.717, 1.165) is 22.0 Å². The van der Waals surface area contributed by atoms with Crippen LogP contribution in [0.5, 0.6) is 0 Å². The van der Waals surface area contributed by atoms with Crippen LogP contribution in [-0.2, 0) is 24.3 Å². The van der Waals surface area contributed by atoms with E-state index in [2.05, 4.69) is 36.5 Å². The van der Waals surface area contributed by atoms with E-state index >= 15 is 0 Å². The van der Waals surface area contributed by atoms with Gasteiger partial charge in [-0.05, 0) is 43.5 Å². The highest BCUT2D eigenvalue weighted by atomic mass is 16.2. The molecule has 0 fully saturated rings. The Kier molecular flexibility index (Phi) is 5.70. The first-order valence-corrected chi connectivity index (χ1v) is 11.7. The molecule has 0 saturated heterocycles. The third kappa shape index (κ3) is 3.98. The average Bonchev–Trinajstić information content (AvgIpc) is 3.22. The quantitative estimate of drug-likeness (QED) is 0.461. The number of rotatable bonds is 6. The van der Waals surface area contributed by atoms with Gasteiger partial charge in [-0.1, -0.05) is 78.4 Å². The van der Waals surface area contributed by atoms with Gasteiger partial charge in [0, 0.05) is 24.0 Å². The molecule has 2 heterocycles. The molecular formula is C29H29N3O2. The van der Waals surface area contributed by atoms with Crippen LogP contribution in [0, 0.1) is 6.92 Å². The Labute approximate surface area is 200 Å². The lowest BCUT2D eigenvalue weighted by Gasteiger charge is -2.44. The lowest BCUT2D eigenvalue weighted by molar-refractivity contribution is -0.133. The van der Waals surface area contributed by atoms with Crippen LogP contribution in [0.25, 0.3) is 10.9 Å². The van der Waals surface area contributed by atoms with Crippen molar-refractivity contribution in [3.05, 3.63) is 107 Å². The van der Waals surface area contributed by atoms with Gasteiger partial charge in [-0.3, -0.25) is 9.59 Å². The molecule has 0 bridgehead atoms. The van der Waals surface area contributed by atoms with Gasteiger partial charge in [0.15, 0.2) is 0 Å². The Balaban J connectivity index is 1.47. The SMILES string of the molecule is Cc1ccc(CCN2C(=O)c3cc4ccccc4n3C[C@@]2(C)C(=O)NCc2ccccc2)cc1. The molecule has 172 valence electrons. The number of amides is 2. The Hall–Kier alpha value is -3.86. The summed E-state index contributed by atoms with van der Waals surface area (Å²) in [5, 5.41) is 4.10. The predicted molar refractivity (Wildman–Crippen MR) is 135 cm³/mol. The number of benzene rings is 3. The first-order valence-electron chi connectivity index (χ1n) is 11.7. The molecule has 1 atom stereocenters. The second-order valence-corrected chi connectivity index (χ2v) is 9.31. The Morgan fingerprint density at radius 1 is 0.941 bits per heavy atom. The van der Waals surface area contributed by atoms with Gasteiger partial charge in [-0.25, -0.2) is 0 Å². The molecule has 1 N–H and O–H groups in total. The minimum atomic E-state index is -1.01. The largest absolute Gasteiger partial charge is 0.350 e. The van der Waals surface area contributed by atoms with E-state index in [1.165, 1.54) is 5.56 Å². The summed E-state index contributed by atoms with van der Waals surface area (Å²) in [5.74, 6) is -0.246. The van der Waals surface area contributed by atoms with Crippen LogP contribution in [-0.4, -0.2) is 33.4 Å². The molecule has 0 unspecified atom stereocenters. The van der Waals surface area contributed by atoms with E-state index in [4.69, 9.17) is 0 Å². The fraction of sp³-hybridized carbons (Fsp3) is 0.241. The zero-order valence-corrected chi connectivity index (χ0v) is 19.6. The molecule has 2 amide bonds. The highest BCUT2D eigenvalue weighted by Crippen LogP contribution is 2.32. The van der Waals surface area contributed by atoms with Crippen molar-refractivity contribution in [3.63, 3.8) is 0 Å². The van der Waals surface area contributed by atoms with E-state index in [0.29, 0.717) is 31.7 Å². The van der Waals surface area contributed by atoms with Crippen molar-refractivity contribution in [2.75, 3.05) is 6.54 Å². The smallest absolute Gasteiger partial charge is 0.271 e. The van der Waals surface area contributed by atoms with Crippen molar-refractivity contribution in [3.8, 4) is 0 Å². The first kappa shape index (κ1) is 22.0. The molecule has 1 aliphatic rings. The highest BCUT2D eigenvalue weighted by molar-refractivity contribution is 6.03. The van der Waals surface area contributed by atoms with Gasteiger partial charge in [-0.2, -0.15) is 0 Å². The predicted octanol–water partition coefficient (Wildman–Crippen LogP) is 4.72. The number of carbonyl (C=O) groups is 2. The van der Waals surface area contributed by atoms with Crippen LogP contribution in [0.15, 0.2) is 84.9 Å². The summed E-state index contributed by atoms with van der Waals surface area (Å²) >= 11 is 0. The summed E-state index contributed by atoms with van der Waals surface area (Å²) < 4.78 is 2.00. The fourth-order valence-electron chi connectivity index (χ4n) is 4.82. The summed E-state index contributed by atoms with van der Waals surface area (Å²) in [4.78, 5) is 29.2. The van der Waals surface area contributed by atoms with Crippen molar-refractivity contribution in [2.45, 2.75) is 38.9 Å². The molecule has 1 aliphatic heterocycles. The molecule has 1 aromatic heterocycles. The number of nitrogens with zero attached hydrogens (tertiary/aromatic N) is 2. The third-order valence-corrected chi connectivity index (χ3v) is 6.87. The second kappa shape index (κ2) is 8.82. The number of hydrogen-bond donors (Lipinski definition) is 1. The third-order valence-electron chi connectivity index (χ3n) is 6.87. The van der Waals surface area contributed by atoms with E-state index in [-0.39, 0.29) is 11.8 Å². The normalized spacial score (nSPS) is 17.6. The lowest BCUT2D eigenvalue weighted by Crippen LogP contribution is -2.64. The van der Waals surface area contributed by atoms with Crippen molar-refractivity contribution in [1.29, 1.82) is 0 Å². The van der Waals surface area contributed by atoms with Gasteiger partial charge < -0.3 is 14.8 Å². The van der Waals surface area contributed by atoms with E-state index in [1.807, 2.05) is 72.2 Å². The van der Waals surface area contributed by atoms with Crippen LogP contribution in [0.3, 0.4) is 0 Å². The molecule has 34 heavy (non-hydrogen) atoms. The van der Waals surface area contributed by atoms with Crippen molar-refractivity contribution < 1.29 is 9.59 Å². The van der Waals surface area contributed by atoms with E-state index in [1.54, 1.807) is 4.90 Å². The standard InChI is InChI=1S/C29H29N3O2/c1-21-12-14-22(15-13-21)16-17-32-27(33)26-18-24-10-6-7-11-25(24)31(26)20-29(32,2)28(34)30-19-23-8-4-3-5-9-23/h3-15,18H,16-17,19-20H2,1-2H3,(H,30,34)/t29-/m0/s1. The molecule has 0 aliphatic carbocycles. The summed E-state index contributed by atoms with van der Waals surface area (Å²) in [6, 6.07) is 28.1. The Morgan fingerprint density at radius 3 is 2.41 bits per heavy atom. The van der Waals surface area contributed by atoms with Crippen LogP contribution < -0.4 is 5.32 Å². The molecule has 5 rings (SSSR count). The summed E-state index contributed by atoms with van der Waals surface area (Å²) in [7, 11) is 0. The van der Waals surface area contributed by atoms with Gasteiger partial charge in [0.2, 0.25) is 5.91 Å². The number of aryl methyl sites for hydroxylation is 1. The Morgan fingerprint density at radius 2 is 1.65 bits per heavy atom. The van der Waals surface area contributed by atoms with Crippen LogP contribution in [0.4, 0.5) is 0 Å². The van der Waals surface area contributed by atoms with Crippen molar-refractivity contribution in [1.82, 2.24) is 14.8 Å². The maximum Gasteiger partial charge on any atom is 0.271 e. The zero-order chi connectivity index (χ0) is 23.7. The average molecular weight is 452 g/mol. The minimum absolute atomic E-state index is 0.105. The monoisotopic (exact) mass is 451 g/mol. The number of para-hydroxylation sites is 1. The molecule has 4 aromatic rings. The fourth-order valence-corrected chi connectivity index (χ4v) is 4.82. The molecule has 0 spiro atoms. The van der Waals surface area contributed by atoms with Crippen molar-refractivity contribution in [2.24, 2.45) is 0 Å².